The van der Waals surface area contributed by atoms with Crippen LogP contribution in [0.3, 0.4) is 0 Å². The van der Waals surface area contributed by atoms with Crippen molar-refractivity contribution in [2.45, 2.75) is 37.1 Å². The Kier molecular flexibility index (Phi) is 6.00. The lowest BCUT2D eigenvalue weighted by Gasteiger charge is -2.21. The molecule has 9 heteroatoms. The van der Waals surface area contributed by atoms with Crippen LogP contribution in [0.1, 0.15) is 25.3 Å². The first-order valence-electron chi connectivity index (χ1n) is 10.2. The van der Waals surface area contributed by atoms with Gasteiger partial charge in [-0.2, -0.15) is 9.30 Å². The van der Waals surface area contributed by atoms with Crippen LogP contribution in [-0.2, 0) is 28.3 Å². The van der Waals surface area contributed by atoms with E-state index in [1.54, 1.807) is 12.1 Å². The van der Waals surface area contributed by atoms with Crippen LogP contribution in [0.15, 0.2) is 52.4 Å². The summed E-state index contributed by atoms with van der Waals surface area (Å²) in [4.78, 5) is 18.1. The largest absolute Gasteiger partial charge is 0.497 e. The Labute approximate surface area is 185 Å². The molecular formula is C22H25N3O4S2. The molecule has 2 aromatic carbocycles. The van der Waals surface area contributed by atoms with E-state index in [-0.39, 0.29) is 4.90 Å². The van der Waals surface area contributed by atoms with Crippen molar-refractivity contribution in [1.82, 2.24) is 8.87 Å². The molecule has 0 radical (unpaired) electrons. The topological polar surface area (TPSA) is 81.0 Å². The molecule has 1 aliphatic heterocycles. The molecular weight excluding hydrogens is 434 g/mol. The third-order valence-electron chi connectivity index (χ3n) is 5.64. The highest BCUT2D eigenvalue weighted by atomic mass is 32.2. The minimum Gasteiger partial charge on any atom is -0.497 e. The van der Waals surface area contributed by atoms with Crippen LogP contribution in [0.5, 0.6) is 5.75 Å². The quantitative estimate of drug-likeness (QED) is 0.587. The van der Waals surface area contributed by atoms with Gasteiger partial charge in [0, 0.05) is 13.6 Å². The van der Waals surface area contributed by atoms with Crippen LogP contribution < -0.4 is 9.54 Å². The maximum atomic E-state index is 13.2. The number of rotatable bonds is 5. The van der Waals surface area contributed by atoms with Crippen molar-refractivity contribution < 1.29 is 17.9 Å². The lowest BCUT2D eigenvalue weighted by Crippen LogP contribution is -2.40. The molecule has 7 nitrogen and oxygen atoms in total. The van der Waals surface area contributed by atoms with E-state index in [1.807, 2.05) is 17.7 Å². The fourth-order valence-corrected chi connectivity index (χ4v) is 6.57. The Hall–Kier alpha value is -2.49. The highest BCUT2D eigenvalue weighted by Gasteiger charge is 2.39. The number of aromatic nitrogens is 1. The maximum absolute atomic E-state index is 13.2. The molecule has 0 bridgehead atoms. The fourth-order valence-electron chi connectivity index (χ4n) is 3.83. The van der Waals surface area contributed by atoms with Gasteiger partial charge >= 0.3 is 0 Å². The number of thiazole rings is 1. The number of sulfonamides is 1. The van der Waals surface area contributed by atoms with Gasteiger partial charge in [0.1, 0.15) is 11.8 Å². The smallest absolute Gasteiger partial charge is 0.266 e. The molecule has 1 aliphatic rings. The Morgan fingerprint density at radius 3 is 2.65 bits per heavy atom. The van der Waals surface area contributed by atoms with Crippen LogP contribution in [0.4, 0.5) is 0 Å². The summed E-state index contributed by atoms with van der Waals surface area (Å²) in [6.07, 6.45) is 2.02. The molecule has 2 heterocycles. The molecule has 1 aromatic heterocycles. The van der Waals surface area contributed by atoms with E-state index in [9.17, 15) is 13.2 Å². The molecule has 1 saturated heterocycles. The second-order valence-corrected chi connectivity index (χ2v) is 10.4. The first kappa shape index (κ1) is 21.7. The number of carbonyl (C=O) groups is 1. The third kappa shape index (κ3) is 4.05. The van der Waals surface area contributed by atoms with Crippen LogP contribution in [0, 0.1) is 0 Å². The van der Waals surface area contributed by atoms with E-state index in [0.717, 1.165) is 16.6 Å². The van der Waals surface area contributed by atoms with Gasteiger partial charge in [-0.05, 0) is 61.2 Å². The van der Waals surface area contributed by atoms with E-state index in [0.29, 0.717) is 29.9 Å². The van der Waals surface area contributed by atoms with E-state index in [1.165, 1.54) is 40.4 Å². The van der Waals surface area contributed by atoms with Gasteiger partial charge in [-0.3, -0.25) is 4.79 Å². The predicted octanol–water partition coefficient (Wildman–Crippen LogP) is 3.09. The zero-order valence-electron chi connectivity index (χ0n) is 17.7. The summed E-state index contributed by atoms with van der Waals surface area (Å²) in [5, 5.41) is 0. The van der Waals surface area contributed by atoms with Crippen molar-refractivity contribution in [1.29, 1.82) is 0 Å². The van der Waals surface area contributed by atoms with E-state index in [4.69, 9.17) is 4.74 Å². The Morgan fingerprint density at radius 2 is 1.97 bits per heavy atom. The Morgan fingerprint density at radius 1 is 1.23 bits per heavy atom. The molecule has 1 atom stereocenters. The van der Waals surface area contributed by atoms with E-state index < -0.39 is 22.0 Å². The number of amides is 1. The standard InChI is InChI=1S/C22H25N3O4S2/c1-4-15-7-12-18-20(14-15)30-22(24(18)2)23-21(26)19-6-5-13-25(19)31(27,28)17-10-8-16(29-3)9-11-17/h7-12,14,19H,4-6,13H2,1-3H3. The zero-order valence-corrected chi connectivity index (χ0v) is 19.4. The summed E-state index contributed by atoms with van der Waals surface area (Å²) in [7, 11) is -0.403. The minimum atomic E-state index is -3.80. The van der Waals surface area contributed by atoms with Gasteiger partial charge in [-0.1, -0.05) is 24.3 Å². The van der Waals surface area contributed by atoms with Gasteiger partial charge in [0.15, 0.2) is 4.80 Å². The van der Waals surface area contributed by atoms with Gasteiger partial charge in [0.25, 0.3) is 5.91 Å². The zero-order chi connectivity index (χ0) is 22.2. The summed E-state index contributed by atoms with van der Waals surface area (Å²) in [5.74, 6) is 0.152. The highest BCUT2D eigenvalue weighted by molar-refractivity contribution is 7.89. The summed E-state index contributed by atoms with van der Waals surface area (Å²) in [5.41, 5.74) is 2.22. The van der Waals surface area contributed by atoms with Crippen molar-refractivity contribution in [3.05, 3.63) is 52.8 Å². The fraction of sp³-hybridized carbons (Fsp3) is 0.364. The normalized spacial score (nSPS) is 18.0. The van der Waals surface area contributed by atoms with Gasteiger partial charge in [0.2, 0.25) is 10.0 Å². The predicted molar refractivity (Wildman–Crippen MR) is 121 cm³/mol. The average Bonchev–Trinajstić information content (AvgIpc) is 3.39. The molecule has 1 unspecified atom stereocenters. The van der Waals surface area contributed by atoms with Crippen molar-refractivity contribution in [2.24, 2.45) is 12.0 Å². The lowest BCUT2D eigenvalue weighted by molar-refractivity contribution is -0.121. The number of methoxy groups -OCH3 is 1. The monoisotopic (exact) mass is 459 g/mol. The van der Waals surface area contributed by atoms with Gasteiger partial charge in [-0.15, -0.1) is 0 Å². The van der Waals surface area contributed by atoms with Gasteiger partial charge < -0.3 is 9.30 Å². The second-order valence-electron chi connectivity index (χ2n) is 7.50. The molecule has 0 N–H and O–H groups in total. The summed E-state index contributed by atoms with van der Waals surface area (Å²) >= 11 is 1.44. The van der Waals surface area contributed by atoms with Gasteiger partial charge in [-0.25, -0.2) is 8.42 Å². The Bertz CT molecular complexity index is 1290. The molecule has 4 rings (SSSR count). The van der Waals surface area contributed by atoms with Crippen LogP contribution in [0.2, 0.25) is 0 Å². The van der Waals surface area contributed by atoms with Crippen LogP contribution in [0.25, 0.3) is 10.2 Å². The first-order chi connectivity index (χ1) is 14.8. The molecule has 1 amide bonds. The van der Waals surface area contributed by atoms with Gasteiger partial charge in [0.05, 0.1) is 22.2 Å². The van der Waals surface area contributed by atoms with Crippen molar-refractivity contribution in [3.8, 4) is 5.75 Å². The molecule has 31 heavy (non-hydrogen) atoms. The lowest BCUT2D eigenvalue weighted by atomic mass is 10.2. The van der Waals surface area contributed by atoms with Crippen molar-refractivity contribution >= 4 is 37.5 Å². The summed E-state index contributed by atoms with van der Waals surface area (Å²) < 4.78 is 35.7. The number of hydrogen-bond acceptors (Lipinski definition) is 5. The minimum absolute atomic E-state index is 0.146. The van der Waals surface area contributed by atoms with Crippen LogP contribution in [-0.4, -0.2) is 42.9 Å². The number of carbonyl (C=O) groups excluding carboxylic acids is 1. The van der Waals surface area contributed by atoms with Crippen molar-refractivity contribution in [2.75, 3.05) is 13.7 Å². The van der Waals surface area contributed by atoms with Crippen molar-refractivity contribution in [3.63, 3.8) is 0 Å². The molecule has 0 spiro atoms. The highest BCUT2D eigenvalue weighted by Crippen LogP contribution is 2.28. The average molecular weight is 460 g/mol. The second kappa shape index (κ2) is 8.57. The molecule has 1 fully saturated rings. The molecule has 0 aliphatic carbocycles. The van der Waals surface area contributed by atoms with E-state index >= 15 is 0 Å². The third-order valence-corrected chi connectivity index (χ3v) is 8.66. The first-order valence-corrected chi connectivity index (χ1v) is 12.4. The maximum Gasteiger partial charge on any atom is 0.266 e. The molecule has 164 valence electrons. The number of fused-ring (bicyclic) bond motifs is 1. The number of hydrogen-bond donors (Lipinski definition) is 0. The Balaban J connectivity index is 1.66. The number of ether oxygens (including phenoxy) is 1. The van der Waals surface area contributed by atoms with E-state index in [2.05, 4.69) is 24.0 Å². The molecule has 3 aromatic rings. The number of nitrogens with zero attached hydrogens (tertiary/aromatic N) is 3. The number of aryl methyl sites for hydroxylation is 2. The SMILES string of the molecule is CCc1ccc2c(c1)sc(=NC(=O)C1CCCN1S(=O)(=O)c1ccc(OC)cc1)n2C. The van der Waals surface area contributed by atoms with Crippen LogP contribution >= 0.6 is 11.3 Å². The summed E-state index contributed by atoms with van der Waals surface area (Å²) in [6, 6.07) is 11.6. The number of benzene rings is 2. The summed E-state index contributed by atoms with van der Waals surface area (Å²) in [6.45, 7) is 2.40. The molecule has 0 saturated carbocycles.